The molecule has 1 atom stereocenters. The van der Waals surface area contributed by atoms with Crippen molar-refractivity contribution >= 4 is 0 Å². The van der Waals surface area contributed by atoms with Crippen LogP contribution in [0.15, 0.2) is 18.5 Å². The number of rotatable bonds is 7. The van der Waals surface area contributed by atoms with Crippen LogP contribution in [0.4, 0.5) is 0 Å². The molecule has 1 fully saturated rings. The maximum atomic E-state index is 9.90. The van der Waals surface area contributed by atoms with Crippen molar-refractivity contribution in [3.8, 4) is 0 Å². The lowest BCUT2D eigenvalue weighted by Gasteiger charge is -2.31. The van der Waals surface area contributed by atoms with Gasteiger partial charge >= 0.3 is 0 Å². The molecule has 0 saturated carbocycles. The first kappa shape index (κ1) is 14.5. The zero-order valence-electron chi connectivity index (χ0n) is 11.8. The van der Waals surface area contributed by atoms with E-state index in [1.165, 1.54) is 32.5 Å². The van der Waals surface area contributed by atoms with Crippen LogP contribution in [0.3, 0.4) is 0 Å². The Bertz CT molecular complexity index is 333. The van der Waals surface area contributed by atoms with Crippen molar-refractivity contribution in [1.29, 1.82) is 0 Å². The minimum absolute atomic E-state index is 0.365. The topological polar surface area (TPSA) is 53.3 Å². The first-order valence-corrected chi connectivity index (χ1v) is 7.36. The van der Waals surface area contributed by atoms with Crippen molar-refractivity contribution in [2.24, 2.45) is 5.92 Å². The summed E-state index contributed by atoms with van der Waals surface area (Å²) in [5, 5.41) is 17.4. The fourth-order valence-corrected chi connectivity index (χ4v) is 2.65. The molecule has 19 heavy (non-hydrogen) atoms. The molecular weight excluding hydrogens is 240 g/mol. The van der Waals surface area contributed by atoms with Crippen LogP contribution < -0.4 is 5.32 Å². The van der Waals surface area contributed by atoms with Gasteiger partial charge in [-0.25, -0.2) is 0 Å². The average molecular weight is 266 g/mol. The number of aliphatic hydroxyl groups excluding tert-OH is 1. The van der Waals surface area contributed by atoms with E-state index in [2.05, 4.69) is 22.2 Å². The summed E-state index contributed by atoms with van der Waals surface area (Å²) in [5.41, 5.74) is 0. The Balaban J connectivity index is 1.56. The third-order valence-corrected chi connectivity index (χ3v) is 3.92. The Morgan fingerprint density at radius 1 is 1.42 bits per heavy atom. The van der Waals surface area contributed by atoms with Gasteiger partial charge in [-0.05, 0) is 51.0 Å². The molecule has 0 radical (unpaired) electrons. The molecule has 1 aliphatic heterocycles. The summed E-state index contributed by atoms with van der Waals surface area (Å²) in [6.07, 6.45) is 5.80. The summed E-state index contributed by atoms with van der Waals surface area (Å²) in [7, 11) is 0. The predicted molar refractivity (Wildman–Crippen MR) is 75.9 cm³/mol. The van der Waals surface area contributed by atoms with Gasteiger partial charge in [0.2, 0.25) is 0 Å². The second-order valence-electron chi connectivity index (χ2n) is 5.42. The molecule has 5 heteroatoms. The van der Waals surface area contributed by atoms with Crippen LogP contribution in [0, 0.1) is 5.92 Å². The minimum Gasteiger partial charge on any atom is -0.390 e. The van der Waals surface area contributed by atoms with E-state index in [1.807, 2.05) is 12.3 Å². The van der Waals surface area contributed by atoms with Gasteiger partial charge < -0.3 is 15.3 Å². The first-order chi connectivity index (χ1) is 9.28. The molecule has 1 aromatic rings. The fraction of sp³-hybridized carbons (Fsp3) is 0.786. The van der Waals surface area contributed by atoms with Crippen LogP contribution >= 0.6 is 0 Å². The van der Waals surface area contributed by atoms with Crippen LogP contribution in [0.25, 0.3) is 0 Å². The molecular formula is C14H26N4O. The first-order valence-electron chi connectivity index (χ1n) is 7.36. The predicted octanol–water partition coefficient (Wildman–Crippen LogP) is 0.566. The van der Waals surface area contributed by atoms with E-state index < -0.39 is 0 Å². The Morgan fingerprint density at radius 2 is 2.21 bits per heavy atom. The fourth-order valence-electron chi connectivity index (χ4n) is 2.65. The molecule has 2 rings (SSSR count). The van der Waals surface area contributed by atoms with Gasteiger partial charge in [-0.1, -0.05) is 6.92 Å². The van der Waals surface area contributed by atoms with Crippen LogP contribution in [-0.4, -0.2) is 58.6 Å². The molecule has 0 aromatic carbocycles. The standard InChI is InChI=1S/C14H26N4O/c1-2-17-8-4-13(5-9-17)10-15-11-14(19)12-18-7-3-6-16-18/h3,6-7,13-15,19H,2,4-5,8-12H2,1H3. The molecule has 2 heterocycles. The number of aliphatic hydroxyl groups is 1. The number of nitrogens with zero attached hydrogens (tertiary/aromatic N) is 3. The second kappa shape index (κ2) is 7.62. The van der Waals surface area contributed by atoms with Gasteiger partial charge in [0.25, 0.3) is 0 Å². The summed E-state index contributed by atoms with van der Waals surface area (Å²) in [6.45, 7) is 8.07. The second-order valence-corrected chi connectivity index (χ2v) is 5.42. The van der Waals surface area contributed by atoms with E-state index in [-0.39, 0.29) is 6.10 Å². The number of likely N-dealkylation sites (tertiary alicyclic amines) is 1. The van der Waals surface area contributed by atoms with Crippen LogP contribution in [0.5, 0.6) is 0 Å². The largest absolute Gasteiger partial charge is 0.390 e. The van der Waals surface area contributed by atoms with E-state index >= 15 is 0 Å². The third kappa shape index (κ3) is 4.93. The van der Waals surface area contributed by atoms with Gasteiger partial charge in [0, 0.05) is 18.9 Å². The smallest absolute Gasteiger partial charge is 0.0860 e. The monoisotopic (exact) mass is 266 g/mol. The number of hydrogen-bond acceptors (Lipinski definition) is 4. The van der Waals surface area contributed by atoms with Gasteiger partial charge in [-0.3, -0.25) is 4.68 Å². The quantitative estimate of drug-likeness (QED) is 0.757. The van der Waals surface area contributed by atoms with Crippen LogP contribution in [0.1, 0.15) is 19.8 Å². The van der Waals surface area contributed by atoms with Gasteiger partial charge in [-0.15, -0.1) is 0 Å². The zero-order chi connectivity index (χ0) is 13.5. The third-order valence-electron chi connectivity index (χ3n) is 3.92. The van der Waals surface area contributed by atoms with Crippen molar-refractivity contribution in [2.45, 2.75) is 32.4 Å². The maximum absolute atomic E-state index is 9.90. The number of hydrogen-bond donors (Lipinski definition) is 2. The minimum atomic E-state index is -0.365. The maximum Gasteiger partial charge on any atom is 0.0860 e. The average Bonchev–Trinajstić information content (AvgIpc) is 2.92. The van der Waals surface area contributed by atoms with Crippen molar-refractivity contribution in [2.75, 3.05) is 32.7 Å². The zero-order valence-corrected chi connectivity index (χ0v) is 11.8. The SMILES string of the molecule is CCN1CCC(CNCC(O)Cn2cccn2)CC1. The van der Waals surface area contributed by atoms with Gasteiger partial charge in [0.15, 0.2) is 0 Å². The molecule has 0 spiro atoms. The highest BCUT2D eigenvalue weighted by molar-refractivity contribution is 4.79. The Hall–Kier alpha value is -0.910. The molecule has 1 saturated heterocycles. The Labute approximate surface area is 115 Å². The summed E-state index contributed by atoms with van der Waals surface area (Å²) in [4.78, 5) is 2.50. The molecule has 0 amide bonds. The van der Waals surface area contributed by atoms with Crippen molar-refractivity contribution in [1.82, 2.24) is 20.0 Å². The van der Waals surface area contributed by atoms with E-state index in [0.717, 1.165) is 12.5 Å². The Morgan fingerprint density at radius 3 is 2.84 bits per heavy atom. The van der Waals surface area contributed by atoms with Crippen molar-refractivity contribution in [3.05, 3.63) is 18.5 Å². The number of aromatic nitrogens is 2. The van der Waals surface area contributed by atoms with Gasteiger partial charge in [0.05, 0.1) is 12.6 Å². The highest BCUT2D eigenvalue weighted by atomic mass is 16.3. The lowest BCUT2D eigenvalue weighted by atomic mass is 9.97. The number of nitrogens with one attached hydrogen (secondary N) is 1. The lowest BCUT2D eigenvalue weighted by molar-refractivity contribution is 0.140. The summed E-state index contributed by atoms with van der Waals surface area (Å²) in [6, 6.07) is 1.88. The summed E-state index contributed by atoms with van der Waals surface area (Å²) < 4.78 is 1.77. The lowest BCUT2D eigenvalue weighted by Crippen LogP contribution is -2.39. The van der Waals surface area contributed by atoms with Crippen LogP contribution in [0.2, 0.25) is 0 Å². The number of piperidine rings is 1. The Kier molecular flexibility index (Phi) is 5.82. The molecule has 1 unspecified atom stereocenters. The molecule has 2 N–H and O–H groups in total. The van der Waals surface area contributed by atoms with Gasteiger partial charge in [0.1, 0.15) is 0 Å². The summed E-state index contributed by atoms with van der Waals surface area (Å²) in [5.74, 6) is 0.764. The molecule has 0 bridgehead atoms. The normalized spacial score (nSPS) is 19.7. The molecule has 1 aliphatic rings. The highest BCUT2D eigenvalue weighted by Gasteiger charge is 2.17. The van der Waals surface area contributed by atoms with Crippen LogP contribution in [-0.2, 0) is 6.54 Å². The molecule has 0 aliphatic carbocycles. The highest BCUT2D eigenvalue weighted by Crippen LogP contribution is 2.15. The van der Waals surface area contributed by atoms with E-state index in [0.29, 0.717) is 13.1 Å². The summed E-state index contributed by atoms with van der Waals surface area (Å²) >= 11 is 0. The molecule has 108 valence electrons. The molecule has 5 nitrogen and oxygen atoms in total. The molecule has 1 aromatic heterocycles. The van der Waals surface area contributed by atoms with Crippen molar-refractivity contribution in [3.63, 3.8) is 0 Å². The van der Waals surface area contributed by atoms with Crippen molar-refractivity contribution < 1.29 is 5.11 Å². The van der Waals surface area contributed by atoms with E-state index in [4.69, 9.17) is 0 Å². The van der Waals surface area contributed by atoms with E-state index in [1.54, 1.807) is 10.9 Å². The van der Waals surface area contributed by atoms with Gasteiger partial charge in [-0.2, -0.15) is 5.10 Å². The van der Waals surface area contributed by atoms with E-state index in [9.17, 15) is 5.11 Å².